The summed E-state index contributed by atoms with van der Waals surface area (Å²) in [6.45, 7) is 4.23. The number of alkyl halides is 1. The van der Waals surface area contributed by atoms with Crippen LogP contribution < -0.4 is 9.64 Å². The highest BCUT2D eigenvalue weighted by molar-refractivity contribution is 6.30. The molecule has 0 saturated carbocycles. The van der Waals surface area contributed by atoms with Crippen LogP contribution in [0.2, 0.25) is 5.02 Å². The Morgan fingerprint density at radius 2 is 1.65 bits per heavy atom. The van der Waals surface area contributed by atoms with Gasteiger partial charge in [-0.25, -0.2) is 0 Å². The van der Waals surface area contributed by atoms with E-state index in [1.807, 2.05) is 32.0 Å². The van der Waals surface area contributed by atoms with Gasteiger partial charge in [0.1, 0.15) is 11.5 Å². The second kappa shape index (κ2) is 11.8. The van der Waals surface area contributed by atoms with Crippen molar-refractivity contribution >= 4 is 46.5 Å². The molecular formula is C29H27Cl2NO5. The molecule has 1 amide bonds. The Morgan fingerprint density at radius 3 is 2.30 bits per heavy atom. The van der Waals surface area contributed by atoms with E-state index in [9.17, 15) is 14.4 Å². The van der Waals surface area contributed by atoms with E-state index in [2.05, 4.69) is 0 Å². The first-order valence-electron chi connectivity index (χ1n) is 12.0. The fourth-order valence-corrected chi connectivity index (χ4v) is 4.43. The number of aryl methyl sites for hydroxylation is 2. The quantitative estimate of drug-likeness (QED) is 0.175. The second-order valence-electron chi connectivity index (χ2n) is 9.02. The van der Waals surface area contributed by atoms with Crippen LogP contribution in [-0.4, -0.2) is 36.2 Å². The van der Waals surface area contributed by atoms with Gasteiger partial charge in [-0.3, -0.25) is 14.4 Å². The summed E-state index contributed by atoms with van der Waals surface area (Å²) < 4.78 is 11.5. The van der Waals surface area contributed by atoms with E-state index in [-0.39, 0.29) is 37.0 Å². The molecule has 3 aromatic carbocycles. The molecule has 192 valence electrons. The molecule has 1 heterocycles. The van der Waals surface area contributed by atoms with Crippen molar-refractivity contribution in [1.82, 2.24) is 0 Å². The summed E-state index contributed by atoms with van der Waals surface area (Å²) in [5.41, 5.74) is 3.35. The van der Waals surface area contributed by atoms with E-state index < -0.39 is 18.0 Å². The third-order valence-corrected chi connectivity index (χ3v) is 6.84. The monoisotopic (exact) mass is 539 g/mol. The van der Waals surface area contributed by atoms with Crippen molar-refractivity contribution in [3.05, 3.63) is 88.4 Å². The third-order valence-electron chi connectivity index (χ3n) is 6.37. The standard InChI is InChI=1S/C29H27Cl2NO5/c1-18-3-10-25(15-19(18)2)36-24-11-8-23(9-12-24)32-17-21(16-27(32)33)29(35)37-26(13-14-30)28(34)20-4-6-22(31)7-5-20/h3-12,15,21,26H,13-14,16-17H2,1-2H3/t21-,26-/m0/s1. The molecule has 1 aliphatic heterocycles. The van der Waals surface area contributed by atoms with E-state index in [0.29, 0.717) is 22.0 Å². The SMILES string of the molecule is Cc1ccc(Oc2ccc(N3C[C@@H](C(=O)O[C@@H](CCCl)C(=O)c4ccc(Cl)cc4)CC3=O)cc2)cc1C. The summed E-state index contributed by atoms with van der Waals surface area (Å²) in [5.74, 6) is -0.315. The molecule has 8 heteroatoms. The predicted octanol–water partition coefficient (Wildman–Crippen LogP) is 6.53. The zero-order chi connectivity index (χ0) is 26.5. The number of carbonyl (C=O) groups is 3. The van der Waals surface area contributed by atoms with Gasteiger partial charge < -0.3 is 14.4 Å². The molecule has 6 nitrogen and oxygen atoms in total. The number of carbonyl (C=O) groups excluding carboxylic acids is 3. The van der Waals surface area contributed by atoms with Crippen LogP contribution in [0, 0.1) is 19.8 Å². The number of amides is 1. The number of hydrogen-bond donors (Lipinski definition) is 0. The fourth-order valence-electron chi connectivity index (χ4n) is 4.10. The van der Waals surface area contributed by atoms with Crippen molar-refractivity contribution in [3.8, 4) is 11.5 Å². The highest BCUT2D eigenvalue weighted by Gasteiger charge is 2.38. The second-order valence-corrected chi connectivity index (χ2v) is 9.84. The lowest BCUT2D eigenvalue weighted by atomic mass is 10.0. The molecule has 0 aromatic heterocycles. The van der Waals surface area contributed by atoms with E-state index in [1.54, 1.807) is 53.4 Å². The minimum atomic E-state index is -1.03. The first-order chi connectivity index (χ1) is 17.7. The number of halogens is 2. The largest absolute Gasteiger partial charge is 0.457 e. The van der Waals surface area contributed by atoms with Crippen molar-refractivity contribution in [3.63, 3.8) is 0 Å². The fraction of sp³-hybridized carbons (Fsp3) is 0.276. The molecule has 1 fully saturated rings. The maximum Gasteiger partial charge on any atom is 0.312 e. The van der Waals surface area contributed by atoms with Gasteiger partial charge in [0.15, 0.2) is 6.10 Å². The summed E-state index contributed by atoms with van der Waals surface area (Å²) in [5, 5.41) is 0.497. The van der Waals surface area contributed by atoms with Gasteiger partial charge in [-0.05, 0) is 85.6 Å². The number of anilines is 1. The molecule has 0 bridgehead atoms. The molecule has 4 rings (SSSR count). The first kappa shape index (κ1) is 26.7. The minimum Gasteiger partial charge on any atom is -0.457 e. The average Bonchev–Trinajstić information content (AvgIpc) is 3.28. The molecule has 2 atom stereocenters. The van der Waals surface area contributed by atoms with Crippen LogP contribution in [0.5, 0.6) is 11.5 Å². The number of benzene rings is 3. The Bertz CT molecular complexity index is 1290. The predicted molar refractivity (Wildman–Crippen MR) is 144 cm³/mol. The van der Waals surface area contributed by atoms with Crippen LogP contribution in [0.3, 0.4) is 0 Å². The number of ketones is 1. The maximum atomic E-state index is 12.9. The van der Waals surface area contributed by atoms with Gasteiger partial charge in [-0.1, -0.05) is 17.7 Å². The van der Waals surface area contributed by atoms with Crippen LogP contribution in [0.25, 0.3) is 0 Å². The van der Waals surface area contributed by atoms with Gasteiger partial charge in [-0.2, -0.15) is 0 Å². The van der Waals surface area contributed by atoms with Crippen molar-refractivity contribution in [2.45, 2.75) is 32.8 Å². The number of ether oxygens (including phenoxy) is 2. The van der Waals surface area contributed by atoms with E-state index in [4.69, 9.17) is 32.7 Å². The van der Waals surface area contributed by atoms with Crippen molar-refractivity contribution < 1.29 is 23.9 Å². The molecule has 0 N–H and O–H groups in total. The van der Waals surface area contributed by atoms with Gasteiger partial charge in [0.05, 0.1) is 5.92 Å². The highest BCUT2D eigenvalue weighted by Crippen LogP contribution is 2.30. The average molecular weight is 540 g/mol. The summed E-state index contributed by atoms with van der Waals surface area (Å²) >= 11 is 11.8. The lowest BCUT2D eigenvalue weighted by molar-refractivity contribution is -0.151. The Morgan fingerprint density at radius 1 is 0.973 bits per heavy atom. The maximum absolute atomic E-state index is 12.9. The molecule has 3 aromatic rings. The van der Waals surface area contributed by atoms with Crippen molar-refractivity contribution in [2.24, 2.45) is 5.92 Å². The van der Waals surface area contributed by atoms with E-state index in [0.717, 1.165) is 11.3 Å². The van der Waals surface area contributed by atoms with Gasteiger partial charge in [0.2, 0.25) is 11.7 Å². The van der Waals surface area contributed by atoms with Crippen LogP contribution >= 0.6 is 23.2 Å². The Kier molecular flexibility index (Phi) is 8.52. The molecule has 0 aliphatic carbocycles. The number of hydrogen-bond acceptors (Lipinski definition) is 5. The molecular weight excluding hydrogens is 513 g/mol. The summed E-state index contributed by atoms with van der Waals surface area (Å²) in [7, 11) is 0. The van der Waals surface area contributed by atoms with E-state index >= 15 is 0 Å². The van der Waals surface area contributed by atoms with Gasteiger partial charge in [0.25, 0.3) is 0 Å². The topological polar surface area (TPSA) is 72.9 Å². The molecule has 0 radical (unpaired) electrons. The smallest absolute Gasteiger partial charge is 0.312 e. The third kappa shape index (κ3) is 6.51. The minimum absolute atomic E-state index is 0.00244. The van der Waals surface area contributed by atoms with E-state index in [1.165, 1.54) is 5.56 Å². The van der Waals surface area contributed by atoms with Crippen LogP contribution in [-0.2, 0) is 14.3 Å². The Hall–Kier alpha value is -3.35. The molecule has 1 aliphatic rings. The zero-order valence-corrected chi connectivity index (χ0v) is 22.1. The number of nitrogens with zero attached hydrogens (tertiary/aromatic N) is 1. The molecule has 0 spiro atoms. The summed E-state index contributed by atoms with van der Waals surface area (Å²) in [6.07, 6.45) is -0.860. The normalized spacial score (nSPS) is 15.9. The number of esters is 1. The molecule has 0 unspecified atom stereocenters. The van der Waals surface area contributed by atoms with Crippen LogP contribution in [0.15, 0.2) is 66.7 Å². The highest BCUT2D eigenvalue weighted by atomic mass is 35.5. The van der Waals surface area contributed by atoms with Gasteiger partial charge in [-0.15, -0.1) is 11.6 Å². The van der Waals surface area contributed by atoms with Crippen molar-refractivity contribution in [2.75, 3.05) is 17.3 Å². The lowest BCUT2D eigenvalue weighted by Gasteiger charge is -2.19. The molecule has 37 heavy (non-hydrogen) atoms. The number of Topliss-reactive ketones (excluding diaryl/α,β-unsaturated/α-hetero) is 1. The first-order valence-corrected chi connectivity index (χ1v) is 12.9. The summed E-state index contributed by atoms with van der Waals surface area (Å²) in [4.78, 5) is 40.1. The van der Waals surface area contributed by atoms with Gasteiger partial charge in [0, 0.05) is 41.5 Å². The van der Waals surface area contributed by atoms with Crippen LogP contribution in [0.4, 0.5) is 5.69 Å². The lowest BCUT2D eigenvalue weighted by Crippen LogP contribution is -2.32. The zero-order valence-electron chi connectivity index (χ0n) is 20.6. The van der Waals surface area contributed by atoms with Gasteiger partial charge >= 0.3 is 5.97 Å². The Balaban J connectivity index is 1.39. The molecule has 1 saturated heterocycles. The summed E-state index contributed by atoms with van der Waals surface area (Å²) in [6, 6.07) is 19.4. The Labute approximate surface area is 226 Å². The number of rotatable bonds is 9. The van der Waals surface area contributed by atoms with Crippen LogP contribution in [0.1, 0.15) is 34.3 Å². The van der Waals surface area contributed by atoms with Crippen molar-refractivity contribution in [1.29, 1.82) is 0 Å².